The molecular weight excluding hydrogens is 218 g/mol. The Morgan fingerprint density at radius 3 is 2.47 bits per heavy atom. The second-order valence-corrected chi connectivity index (χ2v) is 3.90. The number of amidine groups is 1. The normalized spacial score (nSPS) is 23.8. The van der Waals surface area contributed by atoms with Crippen LogP contribution in [-0.2, 0) is 15.1 Å². The molecule has 1 amide bonds. The molecule has 2 rings (SSSR count). The monoisotopic (exact) mass is 233 g/mol. The van der Waals surface area contributed by atoms with E-state index < -0.39 is 5.54 Å². The van der Waals surface area contributed by atoms with Crippen LogP contribution in [0.3, 0.4) is 0 Å². The van der Waals surface area contributed by atoms with E-state index in [1.807, 2.05) is 30.3 Å². The van der Waals surface area contributed by atoms with Crippen LogP contribution in [0.25, 0.3) is 0 Å². The molecule has 0 radical (unpaired) electrons. The zero-order valence-corrected chi connectivity index (χ0v) is 10.1. The van der Waals surface area contributed by atoms with Crippen LogP contribution in [0, 0.1) is 0 Å². The molecule has 1 heterocycles. The Hall–Kier alpha value is -1.88. The zero-order chi connectivity index (χ0) is 12.5. The second kappa shape index (κ2) is 4.18. The summed E-state index contributed by atoms with van der Waals surface area (Å²) in [6.45, 7) is 1.78. The fourth-order valence-electron chi connectivity index (χ4n) is 1.88. The van der Waals surface area contributed by atoms with Crippen LogP contribution < -0.4 is 5.43 Å². The van der Waals surface area contributed by atoms with Crippen LogP contribution in [0.15, 0.2) is 35.3 Å². The highest BCUT2D eigenvalue weighted by molar-refractivity contribution is 6.04. The third-order valence-corrected chi connectivity index (χ3v) is 2.87. The van der Waals surface area contributed by atoms with E-state index in [1.165, 1.54) is 12.1 Å². The van der Waals surface area contributed by atoms with Crippen molar-refractivity contribution in [2.75, 3.05) is 14.2 Å². The zero-order valence-electron chi connectivity index (χ0n) is 10.1. The fourth-order valence-corrected chi connectivity index (χ4v) is 1.88. The van der Waals surface area contributed by atoms with Crippen molar-refractivity contribution in [3.8, 4) is 0 Å². The lowest BCUT2D eigenvalue weighted by Gasteiger charge is -2.21. The summed E-state index contributed by atoms with van der Waals surface area (Å²) in [6.07, 6.45) is 0. The molecule has 0 fully saturated rings. The van der Waals surface area contributed by atoms with Crippen molar-refractivity contribution >= 4 is 11.9 Å². The molecule has 0 saturated carbocycles. The smallest absolute Gasteiger partial charge is 0.310 e. The summed E-state index contributed by atoms with van der Waals surface area (Å²) in [5.74, 6) is -0.150. The van der Waals surface area contributed by atoms with Gasteiger partial charge in [-0.2, -0.15) is 5.01 Å². The summed E-state index contributed by atoms with van der Waals surface area (Å²) >= 11 is 0. The predicted molar refractivity (Wildman–Crippen MR) is 64.1 cm³/mol. The number of aliphatic imine (C=N–C) groups is 1. The Morgan fingerprint density at radius 1 is 1.35 bits per heavy atom. The van der Waals surface area contributed by atoms with Gasteiger partial charge in [0.2, 0.25) is 0 Å². The molecule has 0 saturated heterocycles. The number of amides is 1. The molecule has 0 spiro atoms. The van der Waals surface area contributed by atoms with E-state index in [9.17, 15) is 4.79 Å². The number of nitrogens with one attached hydrogen (secondary N) is 1. The number of ether oxygens (including phenoxy) is 1. The quantitative estimate of drug-likeness (QED) is 0.825. The van der Waals surface area contributed by atoms with Crippen molar-refractivity contribution in [3.63, 3.8) is 0 Å². The van der Waals surface area contributed by atoms with E-state index in [0.717, 1.165) is 5.56 Å². The van der Waals surface area contributed by atoms with E-state index in [-0.39, 0.29) is 11.9 Å². The van der Waals surface area contributed by atoms with Gasteiger partial charge in [0, 0.05) is 7.05 Å². The molecule has 1 N–H and O–H groups in total. The van der Waals surface area contributed by atoms with E-state index in [0.29, 0.717) is 0 Å². The number of methoxy groups -OCH3 is 1. The standard InChI is InChI=1S/C12H15N3O2/c1-12(9-7-5-4-6-8-9)10(16)15(13-2)11(14-12)17-3/h4-8,13H,1-3H3. The van der Waals surface area contributed by atoms with Crippen molar-refractivity contribution in [1.82, 2.24) is 10.4 Å². The van der Waals surface area contributed by atoms with Gasteiger partial charge in [-0.05, 0) is 12.5 Å². The molecule has 1 unspecified atom stereocenters. The van der Waals surface area contributed by atoms with Crippen LogP contribution in [0.4, 0.5) is 0 Å². The highest BCUT2D eigenvalue weighted by Gasteiger charge is 2.46. The van der Waals surface area contributed by atoms with Crippen LogP contribution in [0.5, 0.6) is 0 Å². The minimum Gasteiger partial charge on any atom is -0.467 e. The van der Waals surface area contributed by atoms with E-state index >= 15 is 0 Å². The Balaban J connectivity index is 2.46. The van der Waals surface area contributed by atoms with Gasteiger partial charge < -0.3 is 4.74 Å². The summed E-state index contributed by atoms with van der Waals surface area (Å²) < 4.78 is 5.09. The van der Waals surface area contributed by atoms with E-state index in [2.05, 4.69) is 10.4 Å². The maximum absolute atomic E-state index is 12.3. The molecule has 1 aliphatic heterocycles. The molecule has 1 aliphatic rings. The largest absolute Gasteiger partial charge is 0.467 e. The first-order valence-electron chi connectivity index (χ1n) is 5.35. The van der Waals surface area contributed by atoms with Crippen LogP contribution in [-0.4, -0.2) is 31.1 Å². The van der Waals surface area contributed by atoms with E-state index in [4.69, 9.17) is 4.74 Å². The minimum absolute atomic E-state index is 0.150. The molecule has 0 aliphatic carbocycles. The molecule has 5 heteroatoms. The number of carbonyl (C=O) groups is 1. The highest BCUT2D eigenvalue weighted by Crippen LogP contribution is 2.32. The van der Waals surface area contributed by atoms with Gasteiger partial charge >= 0.3 is 6.02 Å². The number of nitrogens with zero attached hydrogens (tertiary/aromatic N) is 2. The maximum Gasteiger partial charge on any atom is 0.310 e. The van der Waals surface area contributed by atoms with Gasteiger partial charge in [0.05, 0.1) is 7.11 Å². The van der Waals surface area contributed by atoms with Crippen molar-refractivity contribution < 1.29 is 9.53 Å². The lowest BCUT2D eigenvalue weighted by atomic mass is 9.93. The number of hydrogen-bond acceptors (Lipinski definition) is 4. The summed E-state index contributed by atoms with van der Waals surface area (Å²) in [7, 11) is 3.15. The highest BCUT2D eigenvalue weighted by atomic mass is 16.5. The molecule has 1 aromatic carbocycles. The van der Waals surface area contributed by atoms with Crippen LogP contribution in [0.2, 0.25) is 0 Å². The second-order valence-electron chi connectivity index (χ2n) is 3.90. The van der Waals surface area contributed by atoms with E-state index in [1.54, 1.807) is 14.0 Å². The number of hydrazine groups is 1. The van der Waals surface area contributed by atoms with Crippen molar-refractivity contribution in [3.05, 3.63) is 35.9 Å². The van der Waals surface area contributed by atoms with Crippen molar-refractivity contribution in [1.29, 1.82) is 0 Å². The summed E-state index contributed by atoms with van der Waals surface area (Å²) in [4.78, 5) is 16.6. The average Bonchev–Trinajstić information content (AvgIpc) is 2.63. The number of benzene rings is 1. The molecule has 90 valence electrons. The van der Waals surface area contributed by atoms with Crippen molar-refractivity contribution in [2.45, 2.75) is 12.5 Å². The molecule has 17 heavy (non-hydrogen) atoms. The lowest BCUT2D eigenvalue weighted by molar-refractivity contribution is -0.133. The van der Waals surface area contributed by atoms with Gasteiger partial charge in [-0.25, -0.2) is 10.4 Å². The van der Waals surface area contributed by atoms with Gasteiger partial charge in [-0.1, -0.05) is 30.3 Å². The molecule has 1 aromatic rings. The average molecular weight is 233 g/mol. The number of hydrogen-bond donors (Lipinski definition) is 1. The van der Waals surface area contributed by atoms with Gasteiger partial charge in [-0.3, -0.25) is 4.79 Å². The first kappa shape index (κ1) is 11.6. The van der Waals surface area contributed by atoms with Gasteiger partial charge in [0.1, 0.15) is 0 Å². The van der Waals surface area contributed by atoms with Gasteiger partial charge in [-0.15, -0.1) is 0 Å². The predicted octanol–water partition coefficient (Wildman–Crippen LogP) is 0.881. The maximum atomic E-state index is 12.3. The van der Waals surface area contributed by atoms with Gasteiger partial charge in [0.15, 0.2) is 5.54 Å². The third kappa shape index (κ3) is 1.68. The third-order valence-electron chi connectivity index (χ3n) is 2.87. The molecule has 0 aromatic heterocycles. The SMILES string of the molecule is CNN1C(=O)C(C)(c2ccccc2)N=C1OC. The Morgan fingerprint density at radius 2 is 2.00 bits per heavy atom. The lowest BCUT2D eigenvalue weighted by Crippen LogP contribution is -2.46. The number of rotatable bonds is 2. The topological polar surface area (TPSA) is 53.9 Å². The molecule has 5 nitrogen and oxygen atoms in total. The fraction of sp³-hybridized carbons (Fsp3) is 0.333. The molecular formula is C12H15N3O2. The van der Waals surface area contributed by atoms with Crippen molar-refractivity contribution in [2.24, 2.45) is 4.99 Å². The Kier molecular flexibility index (Phi) is 2.85. The first-order valence-corrected chi connectivity index (χ1v) is 5.35. The molecule has 0 bridgehead atoms. The number of carbonyl (C=O) groups excluding carboxylic acids is 1. The van der Waals surface area contributed by atoms with Crippen LogP contribution >= 0.6 is 0 Å². The Labute approximate surface area is 100 Å². The minimum atomic E-state index is -0.921. The summed E-state index contributed by atoms with van der Waals surface area (Å²) in [5.41, 5.74) is 2.69. The van der Waals surface area contributed by atoms with Gasteiger partial charge in [0.25, 0.3) is 5.91 Å². The van der Waals surface area contributed by atoms with Crippen LogP contribution in [0.1, 0.15) is 12.5 Å². The summed E-state index contributed by atoms with van der Waals surface area (Å²) in [5, 5.41) is 1.31. The molecule has 1 atom stereocenters. The first-order chi connectivity index (χ1) is 8.13. The Bertz CT molecular complexity index is 458. The summed E-state index contributed by atoms with van der Waals surface area (Å²) in [6, 6.07) is 9.73.